The van der Waals surface area contributed by atoms with E-state index in [1.54, 1.807) is 0 Å². The molecule has 1 heterocycles. The summed E-state index contributed by atoms with van der Waals surface area (Å²) in [7, 11) is 0. The van der Waals surface area contributed by atoms with Crippen molar-refractivity contribution in [3.8, 4) is 0 Å². The summed E-state index contributed by atoms with van der Waals surface area (Å²) in [5.41, 5.74) is 0.556. The molecule has 1 aliphatic heterocycles. The third-order valence-corrected chi connectivity index (χ3v) is 4.38. The molecule has 0 aromatic rings. The number of aliphatic hydroxyl groups is 1. The number of hydrogen-bond donors (Lipinski definition) is 1. The maximum absolute atomic E-state index is 9.13. The molecule has 0 spiro atoms. The summed E-state index contributed by atoms with van der Waals surface area (Å²) in [5, 5.41) is 10.3. The Bertz CT molecular complexity index is 158. The van der Waals surface area contributed by atoms with Gasteiger partial charge in [0.05, 0.1) is 6.10 Å². The molecule has 0 aromatic heterocycles. The van der Waals surface area contributed by atoms with Crippen molar-refractivity contribution in [1.82, 2.24) is 4.90 Å². The van der Waals surface area contributed by atoms with E-state index in [2.05, 4.69) is 20.8 Å². The van der Waals surface area contributed by atoms with Crippen LogP contribution in [0.25, 0.3) is 0 Å². The van der Waals surface area contributed by atoms with Crippen molar-refractivity contribution in [2.75, 3.05) is 25.0 Å². The van der Waals surface area contributed by atoms with E-state index in [4.69, 9.17) is 5.11 Å². The molecule has 0 bridgehead atoms. The molecule has 0 radical (unpaired) electrons. The Morgan fingerprint density at radius 1 is 1.42 bits per heavy atom. The minimum Gasteiger partial charge on any atom is -0.390 e. The van der Waals surface area contributed by atoms with Gasteiger partial charge in [-0.3, -0.25) is 4.90 Å². The van der Waals surface area contributed by atoms with Crippen molar-refractivity contribution < 1.29 is 5.11 Å². The molecule has 0 atom stereocenters. The van der Waals surface area contributed by atoms with Gasteiger partial charge in [0.1, 0.15) is 0 Å². The first kappa shape index (κ1) is 8.97. The number of halogens is 1. The van der Waals surface area contributed by atoms with E-state index in [0.717, 1.165) is 18.4 Å². The number of aliphatic hydroxyl groups excluding tert-OH is 1. The van der Waals surface area contributed by atoms with Crippen molar-refractivity contribution in [2.24, 2.45) is 5.41 Å². The van der Waals surface area contributed by atoms with E-state index in [1.165, 1.54) is 25.8 Å². The second-order valence-corrected chi connectivity index (χ2v) is 4.90. The Hall–Kier alpha value is 0.400. The highest BCUT2D eigenvalue weighted by molar-refractivity contribution is 9.09. The Morgan fingerprint density at radius 2 is 2.08 bits per heavy atom. The lowest BCUT2D eigenvalue weighted by molar-refractivity contribution is -0.0338. The smallest absolute Gasteiger partial charge is 0.0793 e. The van der Waals surface area contributed by atoms with E-state index < -0.39 is 0 Å². The van der Waals surface area contributed by atoms with Crippen LogP contribution in [-0.4, -0.2) is 41.1 Å². The van der Waals surface area contributed by atoms with Gasteiger partial charge in [-0.15, -0.1) is 0 Å². The van der Waals surface area contributed by atoms with E-state index >= 15 is 0 Å². The van der Waals surface area contributed by atoms with Crippen LogP contribution in [0.2, 0.25) is 0 Å². The molecule has 1 saturated heterocycles. The average Bonchev–Trinajstić information content (AvgIpc) is 1.92. The summed E-state index contributed by atoms with van der Waals surface area (Å²) in [6.45, 7) is 2.98. The fourth-order valence-corrected chi connectivity index (χ4v) is 2.89. The maximum Gasteiger partial charge on any atom is 0.0793 e. The average molecular weight is 234 g/mol. The molecule has 0 aromatic carbocycles. The van der Waals surface area contributed by atoms with Crippen LogP contribution in [0.5, 0.6) is 0 Å². The third-order valence-electron chi connectivity index (χ3n) is 3.19. The Balaban J connectivity index is 1.77. The minimum atomic E-state index is -0.0440. The van der Waals surface area contributed by atoms with E-state index in [1.807, 2.05) is 0 Å². The number of nitrogens with zero attached hydrogens (tertiary/aromatic N) is 1. The molecule has 2 rings (SSSR count). The van der Waals surface area contributed by atoms with E-state index in [-0.39, 0.29) is 6.10 Å². The van der Waals surface area contributed by atoms with Crippen LogP contribution in [0.15, 0.2) is 0 Å². The van der Waals surface area contributed by atoms with Gasteiger partial charge in [-0.2, -0.15) is 0 Å². The molecule has 70 valence electrons. The predicted octanol–water partition coefficient (Wildman–Crippen LogP) is 1.23. The Labute approximate surface area is 82.1 Å². The molecule has 3 heteroatoms. The van der Waals surface area contributed by atoms with Crippen LogP contribution in [0.3, 0.4) is 0 Å². The van der Waals surface area contributed by atoms with Crippen molar-refractivity contribution >= 4 is 15.9 Å². The predicted molar refractivity (Wildman–Crippen MR) is 52.5 cm³/mol. The maximum atomic E-state index is 9.13. The number of alkyl halides is 1. The summed E-state index contributed by atoms with van der Waals surface area (Å²) in [5.74, 6) is 0. The molecule has 1 N–H and O–H groups in total. The van der Waals surface area contributed by atoms with Crippen molar-refractivity contribution in [3.63, 3.8) is 0 Å². The Morgan fingerprint density at radius 3 is 2.42 bits per heavy atom. The number of rotatable bonds is 3. The lowest BCUT2D eigenvalue weighted by Gasteiger charge is -2.48. The molecule has 2 fully saturated rings. The van der Waals surface area contributed by atoms with Gasteiger partial charge in [-0.25, -0.2) is 0 Å². The fourth-order valence-electron chi connectivity index (χ4n) is 2.16. The van der Waals surface area contributed by atoms with E-state index in [9.17, 15) is 0 Å². The van der Waals surface area contributed by atoms with Crippen molar-refractivity contribution in [1.29, 1.82) is 0 Å². The van der Waals surface area contributed by atoms with Crippen LogP contribution < -0.4 is 0 Å². The van der Waals surface area contributed by atoms with Crippen LogP contribution in [0.4, 0.5) is 0 Å². The summed E-state index contributed by atoms with van der Waals surface area (Å²) in [4.78, 5) is 2.37. The molecule has 2 nitrogen and oxygen atoms in total. The van der Waals surface area contributed by atoms with Crippen LogP contribution in [0.1, 0.15) is 19.3 Å². The van der Waals surface area contributed by atoms with Gasteiger partial charge < -0.3 is 5.11 Å². The van der Waals surface area contributed by atoms with E-state index in [0.29, 0.717) is 5.41 Å². The van der Waals surface area contributed by atoms with Gasteiger partial charge in [-0.05, 0) is 18.3 Å². The first-order valence-corrected chi connectivity index (χ1v) is 5.83. The van der Waals surface area contributed by atoms with Crippen LogP contribution in [0, 0.1) is 5.41 Å². The number of β-amino-alcohol motifs (C(OH)–C–C–N with tert-alkyl or cyclic N) is 1. The molecular weight excluding hydrogens is 218 g/mol. The van der Waals surface area contributed by atoms with Gasteiger partial charge in [0, 0.05) is 25.0 Å². The van der Waals surface area contributed by atoms with Gasteiger partial charge in [-0.1, -0.05) is 22.4 Å². The summed E-state index contributed by atoms with van der Waals surface area (Å²) in [6, 6.07) is 0. The fraction of sp³-hybridized carbons (Fsp3) is 1.00. The molecular formula is C9H16BrNO. The monoisotopic (exact) mass is 233 g/mol. The summed E-state index contributed by atoms with van der Waals surface area (Å²) in [6.07, 6.45) is 4.08. The second kappa shape index (κ2) is 3.28. The second-order valence-electron chi connectivity index (χ2n) is 4.34. The highest BCUT2D eigenvalue weighted by Gasteiger charge is 2.39. The number of likely N-dealkylation sites (tertiary alicyclic amines) is 1. The largest absolute Gasteiger partial charge is 0.390 e. The van der Waals surface area contributed by atoms with Crippen molar-refractivity contribution in [2.45, 2.75) is 25.4 Å². The molecule has 12 heavy (non-hydrogen) atoms. The first-order chi connectivity index (χ1) is 5.74. The normalized spacial score (nSPS) is 29.5. The first-order valence-electron chi connectivity index (χ1n) is 4.70. The van der Waals surface area contributed by atoms with Gasteiger partial charge in [0.25, 0.3) is 0 Å². The molecule has 0 unspecified atom stereocenters. The van der Waals surface area contributed by atoms with Crippen LogP contribution >= 0.6 is 15.9 Å². The van der Waals surface area contributed by atoms with Gasteiger partial charge >= 0.3 is 0 Å². The molecule has 1 aliphatic carbocycles. The highest BCUT2D eigenvalue weighted by atomic mass is 79.9. The lowest BCUT2D eigenvalue weighted by atomic mass is 9.70. The van der Waals surface area contributed by atoms with Crippen molar-refractivity contribution in [3.05, 3.63) is 0 Å². The highest BCUT2D eigenvalue weighted by Crippen LogP contribution is 2.43. The zero-order chi connectivity index (χ0) is 8.60. The summed E-state index contributed by atoms with van der Waals surface area (Å²) >= 11 is 3.59. The lowest BCUT2D eigenvalue weighted by Crippen LogP contribution is -2.56. The molecule has 1 saturated carbocycles. The summed E-state index contributed by atoms with van der Waals surface area (Å²) < 4.78 is 0. The quantitative estimate of drug-likeness (QED) is 0.742. The van der Waals surface area contributed by atoms with Gasteiger partial charge in [0.2, 0.25) is 0 Å². The third kappa shape index (κ3) is 1.54. The topological polar surface area (TPSA) is 23.5 Å². The zero-order valence-corrected chi connectivity index (χ0v) is 8.89. The van der Waals surface area contributed by atoms with Gasteiger partial charge in [0.15, 0.2) is 0 Å². The Kier molecular flexibility index (Phi) is 2.45. The van der Waals surface area contributed by atoms with Crippen LogP contribution in [-0.2, 0) is 0 Å². The zero-order valence-electron chi connectivity index (χ0n) is 7.30. The minimum absolute atomic E-state index is 0.0440. The number of hydrogen-bond acceptors (Lipinski definition) is 2. The SMILES string of the molecule is OC1CN(CC2(CBr)CCC2)C1. The molecule has 2 aliphatic rings. The molecule has 0 amide bonds. The standard InChI is InChI=1S/C9H16BrNO/c10-6-9(2-1-3-9)7-11-4-8(12)5-11/h8,12H,1-7H2.